The van der Waals surface area contributed by atoms with Gasteiger partial charge in [-0.15, -0.1) is 0 Å². The summed E-state index contributed by atoms with van der Waals surface area (Å²) in [6.07, 6.45) is 0.898. The summed E-state index contributed by atoms with van der Waals surface area (Å²) >= 11 is 4.49. The van der Waals surface area contributed by atoms with Crippen LogP contribution in [0.5, 0.6) is 0 Å². The molecule has 2 rings (SSSR count). The number of nitrogens with one attached hydrogen (secondary N) is 1. The lowest BCUT2D eigenvalue weighted by molar-refractivity contribution is 0.582. The Balaban J connectivity index is 2.22. The predicted octanol–water partition coefficient (Wildman–Crippen LogP) is 4.54. The maximum atomic E-state index is 13.2. The summed E-state index contributed by atoms with van der Waals surface area (Å²) in [5.41, 5.74) is 2.42. The molecule has 0 aliphatic carbocycles. The maximum Gasteiger partial charge on any atom is 0.124 e. The Bertz CT molecular complexity index is 555. The van der Waals surface area contributed by atoms with Crippen LogP contribution >= 0.6 is 45.2 Å². The standard InChI is InChI=1S/C15H14FI2N/c1-19-15(8-10-2-5-12(17)6-3-10)13-7-4-11(16)9-14(13)18/h2-7,9,15,19H,8H2,1H3. The highest BCUT2D eigenvalue weighted by Crippen LogP contribution is 2.24. The van der Waals surface area contributed by atoms with Crippen molar-refractivity contribution in [2.75, 3.05) is 7.05 Å². The third kappa shape index (κ3) is 4.13. The van der Waals surface area contributed by atoms with Gasteiger partial charge < -0.3 is 5.32 Å². The number of likely N-dealkylation sites (N-methyl/N-ethyl adjacent to an activating group) is 1. The molecule has 0 heterocycles. The van der Waals surface area contributed by atoms with E-state index in [1.807, 2.05) is 13.1 Å². The second-order valence-electron chi connectivity index (χ2n) is 4.34. The lowest BCUT2D eigenvalue weighted by Crippen LogP contribution is -2.20. The van der Waals surface area contributed by atoms with Crippen LogP contribution < -0.4 is 5.32 Å². The van der Waals surface area contributed by atoms with E-state index in [9.17, 15) is 4.39 Å². The molecular formula is C15H14FI2N. The molecule has 0 saturated carbocycles. The van der Waals surface area contributed by atoms with Crippen molar-refractivity contribution in [1.82, 2.24) is 5.32 Å². The van der Waals surface area contributed by atoms with E-state index >= 15 is 0 Å². The van der Waals surface area contributed by atoms with Gasteiger partial charge in [0.25, 0.3) is 0 Å². The van der Waals surface area contributed by atoms with E-state index in [4.69, 9.17) is 0 Å². The molecule has 0 fully saturated rings. The summed E-state index contributed by atoms with van der Waals surface area (Å²) in [5, 5.41) is 3.31. The summed E-state index contributed by atoms with van der Waals surface area (Å²) < 4.78 is 15.4. The van der Waals surface area contributed by atoms with E-state index in [0.717, 1.165) is 15.6 Å². The molecule has 0 aromatic heterocycles. The van der Waals surface area contributed by atoms with Crippen LogP contribution in [0.4, 0.5) is 4.39 Å². The molecule has 0 spiro atoms. The molecule has 1 nitrogen and oxygen atoms in total. The zero-order valence-electron chi connectivity index (χ0n) is 10.5. The molecule has 0 amide bonds. The van der Waals surface area contributed by atoms with Crippen LogP contribution in [0.25, 0.3) is 0 Å². The Kier molecular flexibility index (Phi) is 5.58. The van der Waals surface area contributed by atoms with Crippen molar-refractivity contribution < 1.29 is 4.39 Å². The van der Waals surface area contributed by atoms with Crippen LogP contribution in [-0.4, -0.2) is 7.05 Å². The van der Waals surface area contributed by atoms with Crippen molar-refractivity contribution in [3.8, 4) is 0 Å². The zero-order chi connectivity index (χ0) is 13.8. The second kappa shape index (κ2) is 6.99. The molecular weight excluding hydrogens is 467 g/mol. The Hall–Kier alpha value is -0.210. The van der Waals surface area contributed by atoms with Gasteiger partial charge in [0.15, 0.2) is 0 Å². The first-order valence-corrected chi connectivity index (χ1v) is 8.12. The van der Waals surface area contributed by atoms with E-state index in [-0.39, 0.29) is 11.9 Å². The van der Waals surface area contributed by atoms with Crippen LogP contribution in [-0.2, 0) is 6.42 Å². The smallest absolute Gasteiger partial charge is 0.124 e. The van der Waals surface area contributed by atoms with Gasteiger partial charge in [0.2, 0.25) is 0 Å². The Morgan fingerprint density at radius 1 is 1.11 bits per heavy atom. The molecule has 0 aliphatic rings. The molecule has 1 unspecified atom stereocenters. The monoisotopic (exact) mass is 481 g/mol. The van der Waals surface area contributed by atoms with Crippen molar-refractivity contribution in [2.24, 2.45) is 0 Å². The van der Waals surface area contributed by atoms with E-state index in [1.54, 1.807) is 6.07 Å². The zero-order valence-corrected chi connectivity index (χ0v) is 14.8. The Morgan fingerprint density at radius 2 is 1.79 bits per heavy atom. The maximum absolute atomic E-state index is 13.2. The van der Waals surface area contributed by atoms with E-state index in [0.29, 0.717) is 0 Å². The highest BCUT2D eigenvalue weighted by atomic mass is 127. The number of hydrogen-bond acceptors (Lipinski definition) is 1. The van der Waals surface area contributed by atoms with Gasteiger partial charge in [-0.2, -0.15) is 0 Å². The van der Waals surface area contributed by atoms with Crippen molar-refractivity contribution >= 4 is 45.2 Å². The van der Waals surface area contributed by atoms with Crippen molar-refractivity contribution in [2.45, 2.75) is 12.5 Å². The minimum absolute atomic E-state index is 0.183. The number of rotatable bonds is 4. The number of benzene rings is 2. The van der Waals surface area contributed by atoms with Gasteiger partial charge in [-0.05, 0) is 94.0 Å². The number of halogens is 3. The average molecular weight is 481 g/mol. The van der Waals surface area contributed by atoms with Gasteiger partial charge in [0.05, 0.1) is 0 Å². The average Bonchev–Trinajstić information content (AvgIpc) is 2.39. The summed E-state index contributed by atoms with van der Waals surface area (Å²) in [6.45, 7) is 0. The van der Waals surface area contributed by atoms with Gasteiger partial charge in [-0.3, -0.25) is 0 Å². The highest BCUT2D eigenvalue weighted by Gasteiger charge is 2.13. The van der Waals surface area contributed by atoms with E-state index in [1.165, 1.54) is 15.2 Å². The quantitative estimate of drug-likeness (QED) is 0.633. The minimum atomic E-state index is -0.183. The Morgan fingerprint density at radius 3 is 2.37 bits per heavy atom. The van der Waals surface area contributed by atoms with Gasteiger partial charge in [0.1, 0.15) is 5.82 Å². The fraction of sp³-hybridized carbons (Fsp3) is 0.200. The molecule has 0 radical (unpaired) electrons. The van der Waals surface area contributed by atoms with Crippen molar-refractivity contribution in [3.05, 3.63) is 66.5 Å². The normalized spacial score (nSPS) is 12.4. The summed E-state index contributed by atoms with van der Waals surface area (Å²) in [6, 6.07) is 13.7. The molecule has 2 aromatic rings. The Labute approximate surface area is 140 Å². The minimum Gasteiger partial charge on any atom is -0.313 e. The lowest BCUT2D eigenvalue weighted by Gasteiger charge is -2.18. The molecule has 0 saturated heterocycles. The summed E-state index contributed by atoms with van der Waals surface area (Å²) in [4.78, 5) is 0. The molecule has 4 heteroatoms. The van der Waals surface area contributed by atoms with Crippen LogP contribution in [0, 0.1) is 13.0 Å². The molecule has 100 valence electrons. The highest BCUT2D eigenvalue weighted by molar-refractivity contribution is 14.1. The molecule has 2 aromatic carbocycles. The SMILES string of the molecule is CNC(Cc1ccc(I)cc1)c1ccc(F)cc1I. The van der Waals surface area contributed by atoms with Crippen LogP contribution in [0.3, 0.4) is 0 Å². The second-order valence-corrected chi connectivity index (χ2v) is 6.75. The first kappa shape index (κ1) is 15.2. The van der Waals surface area contributed by atoms with Gasteiger partial charge in [-0.1, -0.05) is 18.2 Å². The van der Waals surface area contributed by atoms with Crippen LogP contribution in [0.1, 0.15) is 17.2 Å². The molecule has 0 bridgehead atoms. The van der Waals surface area contributed by atoms with E-state index < -0.39 is 0 Å². The molecule has 19 heavy (non-hydrogen) atoms. The molecule has 1 N–H and O–H groups in total. The summed E-state index contributed by atoms with van der Waals surface area (Å²) in [7, 11) is 1.94. The first-order chi connectivity index (χ1) is 9.10. The third-order valence-electron chi connectivity index (χ3n) is 3.04. The van der Waals surface area contributed by atoms with E-state index in [2.05, 4.69) is 74.8 Å². The van der Waals surface area contributed by atoms with Gasteiger partial charge in [-0.25, -0.2) is 4.39 Å². The molecule has 1 atom stereocenters. The third-order valence-corrected chi connectivity index (χ3v) is 4.69. The van der Waals surface area contributed by atoms with Crippen molar-refractivity contribution in [1.29, 1.82) is 0 Å². The van der Waals surface area contributed by atoms with Gasteiger partial charge in [0, 0.05) is 13.2 Å². The van der Waals surface area contributed by atoms with Crippen molar-refractivity contribution in [3.63, 3.8) is 0 Å². The largest absolute Gasteiger partial charge is 0.313 e. The first-order valence-electron chi connectivity index (χ1n) is 5.97. The predicted molar refractivity (Wildman–Crippen MR) is 93.8 cm³/mol. The fourth-order valence-electron chi connectivity index (χ4n) is 2.01. The van der Waals surface area contributed by atoms with Crippen LogP contribution in [0.2, 0.25) is 0 Å². The topological polar surface area (TPSA) is 12.0 Å². The number of hydrogen-bond donors (Lipinski definition) is 1. The fourth-order valence-corrected chi connectivity index (χ4v) is 3.22. The summed E-state index contributed by atoms with van der Waals surface area (Å²) in [5.74, 6) is -0.183. The van der Waals surface area contributed by atoms with Crippen LogP contribution in [0.15, 0.2) is 42.5 Å². The van der Waals surface area contributed by atoms with Gasteiger partial charge >= 0.3 is 0 Å². The molecule has 0 aliphatic heterocycles. The lowest BCUT2D eigenvalue weighted by atomic mass is 9.99.